The number of amides is 1. The topological polar surface area (TPSA) is 33.2 Å². The summed E-state index contributed by atoms with van der Waals surface area (Å²) in [6.07, 6.45) is 1.66. The van der Waals surface area contributed by atoms with Crippen LogP contribution in [0.3, 0.4) is 0 Å². The highest BCUT2D eigenvalue weighted by molar-refractivity contribution is 7.23. The molecule has 0 saturated carbocycles. The summed E-state index contributed by atoms with van der Waals surface area (Å²) in [4.78, 5) is 19.7. The average Bonchev–Trinajstić information content (AvgIpc) is 3.23. The molecule has 0 radical (unpaired) electrons. The van der Waals surface area contributed by atoms with Crippen LogP contribution in [0.4, 0.5) is 9.52 Å². The number of nitrogens with zero attached hydrogens (tertiary/aromatic N) is 2. The minimum atomic E-state index is -0.317. The summed E-state index contributed by atoms with van der Waals surface area (Å²) in [5, 5.41) is 1.09. The lowest BCUT2D eigenvalue weighted by Gasteiger charge is -2.16. The third-order valence-electron chi connectivity index (χ3n) is 3.79. The van der Waals surface area contributed by atoms with Crippen LogP contribution in [0.5, 0.6) is 0 Å². The SMILES string of the molecule is C=CCN(C(=O)c1cc2c(F)cccc2s1)c1nc2ccccc2s1. The quantitative estimate of drug-likeness (QED) is 0.447. The lowest BCUT2D eigenvalue weighted by molar-refractivity contribution is 0.0993. The first kappa shape index (κ1) is 15.9. The van der Waals surface area contributed by atoms with Gasteiger partial charge in [-0.2, -0.15) is 0 Å². The first-order valence-corrected chi connectivity index (χ1v) is 9.27. The molecule has 2 heterocycles. The van der Waals surface area contributed by atoms with E-state index < -0.39 is 0 Å². The van der Waals surface area contributed by atoms with Crippen LogP contribution in [0.2, 0.25) is 0 Å². The van der Waals surface area contributed by atoms with Gasteiger partial charge in [0.1, 0.15) is 5.82 Å². The molecule has 0 spiro atoms. The second kappa shape index (κ2) is 6.38. The zero-order valence-electron chi connectivity index (χ0n) is 13.1. The molecule has 25 heavy (non-hydrogen) atoms. The molecule has 0 fully saturated rings. The standard InChI is InChI=1S/C19H13FN2OS2/c1-2-10-22(19-21-14-7-3-4-8-16(14)25-19)18(23)17-11-12-13(20)6-5-9-15(12)24-17/h2-9,11H,1,10H2. The Morgan fingerprint density at radius 1 is 1.16 bits per heavy atom. The van der Waals surface area contributed by atoms with Crippen LogP contribution < -0.4 is 4.90 Å². The fourth-order valence-electron chi connectivity index (χ4n) is 2.62. The maximum atomic E-state index is 13.9. The largest absolute Gasteiger partial charge is 0.279 e. The van der Waals surface area contributed by atoms with Crippen molar-refractivity contribution < 1.29 is 9.18 Å². The number of para-hydroxylation sites is 1. The predicted molar refractivity (Wildman–Crippen MR) is 103 cm³/mol. The molecule has 0 aliphatic heterocycles. The molecule has 0 unspecified atom stereocenters. The molecular weight excluding hydrogens is 355 g/mol. The van der Waals surface area contributed by atoms with Gasteiger partial charge in [-0.1, -0.05) is 35.6 Å². The van der Waals surface area contributed by atoms with Crippen LogP contribution in [-0.2, 0) is 0 Å². The van der Waals surface area contributed by atoms with E-state index >= 15 is 0 Å². The van der Waals surface area contributed by atoms with Crippen LogP contribution in [-0.4, -0.2) is 17.4 Å². The molecule has 0 bridgehead atoms. The summed E-state index contributed by atoms with van der Waals surface area (Å²) in [6.45, 7) is 4.08. The summed E-state index contributed by atoms with van der Waals surface area (Å²) in [5.41, 5.74) is 0.853. The van der Waals surface area contributed by atoms with Crippen molar-refractivity contribution in [1.29, 1.82) is 0 Å². The van der Waals surface area contributed by atoms with Crippen molar-refractivity contribution in [1.82, 2.24) is 4.98 Å². The molecule has 2 aromatic heterocycles. The van der Waals surface area contributed by atoms with Crippen LogP contribution in [0.15, 0.2) is 61.2 Å². The molecule has 1 amide bonds. The average molecular weight is 368 g/mol. The van der Waals surface area contributed by atoms with Crippen LogP contribution >= 0.6 is 22.7 Å². The number of thiophene rings is 1. The number of halogens is 1. The van der Waals surface area contributed by atoms with Crippen molar-refractivity contribution in [3.63, 3.8) is 0 Å². The van der Waals surface area contributed by atoms with Crippen molar-refractivity contribution in [2.24, 2.45) is 0 Å². The van der Waals surface area contributed by atoms with Gasteiger partial charge in [0.15, 0.2) is 5.13 Å². The summed E-state index contributed by atoms with van der Waals surface area (Å²) in [5.74, 6) is -0.511. The van der Waals surface area contributed by atoms with E-state index in [0.717, 1.165) is 14.9 Å². The summed E-state index contributed by atoms with van der Waals surface area (Å²) < 4.78 is 15.7. The van der Waals surface area contributed by atoms with E-state index in [4.69, 9.17) is 0 Å². The number of aromatic nitrogens is 1. The van der Waals surface area contributed by atoms with E-state index in [2.05, 4.69) is 11.6 Å². The van der Waals surface area contributed by atoms with Gasteiger partial charge in [-0.3, -0.25) is 9.69 Å². The number of carbonyl (C=O) groups excluding carboxylic acids is 1. The predicted octanol–water partition coefficient (Wildman–Crippen LogP) is 5.48. The number of hydrogen-bond acceptors (Lipinski definition) is 4. The Hall–Kier alpha value is -2.57. The van der Waals surface area contributed by atoms with E-state index in [1.165, 1.54) is 28.7 Å². The van der Waals surface area contributed by atoms with Crippen molar-refractivity contribution >= 4 is 54.0 Å². The third-order valence-corrected chi connectivity index (χ3v) is 5.94. The second-order valence-electron chi connectivity index (χ2n) is 5.43. The van der Waals surface area contributed by atoms with E-state index in [0.29, 0.717) is 21.9 Å². The number of thiazole rings is 1. The Labute approximate surface area is 151 Å². The first-order chi connectivity index (χ1) is 12.2. The van der Waals surface area contributed by atoms with Crippen LogP contribution in [0, 0.1) is 5.82 Å². The molecule has 4 aromatic rings. The van der Waals surface area contributed by atoms with Crippen molar-refractivity contribution in [3.05, 3.63) is 71.9 Å². The van der Waals surface area contributed by atoms with Gasteiger partial charge in [0, 0.05) is 16.6 Å². The van der Waals surface area contributed by atoms with E-state index in [-0.39, 0.29) is 11.7 Å². The Morgan fingerprint density at radius 2 is 1.96 bits per heavy atom. The minimum Gasteiger partial charge on any atom is -0.279 e. The smallest absolute Gasteiger partial charge is 0.270 e. The summed E-state index contributed by atoms with van der Waals surface area (Å²) >= 11 is 2.74. The summed E-state index contributed by atoms with van der Waals surface area (Å²) in [7, 11) is 0. The molecule has 0 saturated heterocycles. The highest BCUT2D eigenvalue weighted by atomic mass is 32.1. The summed E-state index contributed by atoms with van der Waals surface area (Å²) in [6, 6.07) is 14.2. The van der Waals surface area contributed by atoms with Gasteiger partial charge in [0.05, 0.1) is 15.1 Å². The maximum Gasteiger partial charge on any atom is 0.270 e. The molecule has 0 N–H and O–H groups in total. The van der Waals surface area contributed by atoms with E-state index in [1.54, 1.807) is 23.1 Å². The molecule has 0 aliphatic rings. The Balaban J connectivity index is 1.77. The number of fused-ring (bicyclic) bond motifs is 2. The maximum absolute atomic E-state index is 13.9. The third kappa shape index (κ3) is 2.83. The lowest BCUT2D eigenvalue weighted by atomic mass is 10.2. The Morgan fingerprint density at radius 3 is 2.72 bits per heavy atom. The first-order valence-electron chi connectivity index (χ1n) is 7.64. The van der Waals surface area contributed by atoms with Gasteiger partial charge < -0.3 is 0 Å². The highest BCUT2D eigenvalue weighted by Crippen LogP contribution is 2.32. The van der Waals surface area contributed by atoms with Crippen LogP contribution in [0.1, 0.15) is 9.67 Å². The second-order valence-corrected chi connectivity index (χ2v) is 7.52. The minimum absolute atomic E-state index is 0.195. The van der Waals surface area contributed by atoms with Crippen LogP contribution in [0.25, 0.3) is 20.3 Å². The zero-order valence-corrected chi connectivity index (χ0v) is 14.7. The fourth-order valence-corrected chi connectivity index (χ4v) is 4.61. The molecule has 4 rings (SSSR count). The molecule has 2 aromatic carbocycles. The van der Waals surface area contributed by atoms with Gasteiger partial charge in [0.2, 0.25) is 0 Å². The van der Waals surface area contributed by atoms with E-state index in [1.807, 2.05) is 30.3 Å². The fraction of sp³-hybridized carbons (Fsp3) is 0.0526. The number of anilines is 1. The lowest BCUT2D eigenvalue weighted by Crippen LogP contribution is -2.30. The van der Waals surface area contributed by atoms with E-state index in [9.17, 15) is 9.18 Å². The highest BCUT2D eigenvalue weighted by Gasteiger charge is 2.22. The Kier molecular flexibility index (Phi) is 4.07. The van der Waals surface area contributed by atoms with Crippen molar-refractivity contribution in [2.45, 2.75) is 0 Å². The van der Waals surface area contributed by atoms with Gasteiger partial charge >= 0.3 is 0 Å². The number of carbonyl (C=O) groups is 1. The van der Waals surface area contributed by atoms with Crippen molar-refractivity contribution in [2.75, 3.05) is 11.4 Å². The number of benzene rings is 2. The molecular formula is C19H13FN2OS2. The molecule has 124 valence electrons. The Bertz CT molecular complexity index is 1070. The van der Waals surface area contributed by atoms with Gasteiger partial charge in [-0.25, -0.2) is 9.37 Å². The number of rotatable bonds is 4. The van der Waals surface area contributed by atoms with Gasteiger partial charge in [-0.05, 0) is 30.3 Å². The normalized spacial score (nSPS) is 11.1. The molecule has 3 nitrogen and oxygen atoms in total. The van der Waals surface area contributed by atoms with Gasteiger partial charge in [-0.15, -0.1) is 17.9 Å². The monoisotopic (exact) mass is 368 g/mol. The molecule has 6 heteroatoms. The number of hydrogen-bond donors (Lipinski definition) is 0. The van der Waals surface area contributed by atoms with Gasteiger partial charge in [0.25, 0.3) is 5.91 Å². The molecule has 0 atom stereocenters. The molecule has 0 aliphatic carbocycles. The zero-order chi connectivity index (χ0) is 17.4. The van der Waals surface area contributed by atoms with Crippen molar-refractivity contribution in [3.8, 4) is 0 Å².